The lowest BCUT2D eigenvalue weighted by molar-refractivity contribution is 0.0273. The zero-order valence-corrected chi connectivity index (χ0v) is 22.3. The van der Waals surface area contributed by atoms with E-state index in [9.17, 15) is 0 Å². The standard InChI is InChI=1S/C32H34N4O4/c1-3-7-29(8-4-1)35-33-25-27-11-15-31(16-12-27)39-23-21-37-19-20-38-22-24-40-32-17-13-28(14-18-32)26-34-36-30-9-5-2-6-10-30/h1-18,25-26,35-36H,19-24H2/b33-25-,34-26-. The molecule has 0 spiro atoms. The summed E-state index contributed by atoms with van der Waals surface area (Å²) in [7, 11) is 0. The van der Waals surface area contributed by atoms with Gasteiger partial charge in [-0.3, -0.25) is 10.9 Å². The molecule has 0 saturated carbocycles. The third kappa shape index (κ3) is 11.0. The third-order valence-electron chi connectivity index (χ3n) is 5.49. The Morgan fingerprint density at radius 2 is 0.825 bits per heavy atom. The van der Waals surface area contributed by atoms with Gasteiger partial charge in [0.25, 0.3) is 0 Å². The van der Waals surface area contributed by atoms with Gasteiger partial charge in [0.05, 0.1) is 50.2 Å². The van der Waals surface area contributed by atoms with Gasteiger partial charge in [-0.2, -0.15) is 10.2 Å². The quantitative estimate of drug-likeness (QED) is 0.0964. The summed E-state index contributed by atoms with van der Waals surface area (Å²) in [6.45, 7) is 2.90. The van der Waals surface area contributed by atoms with E-state index in [2.05, 4.69) is 21.1 Å². The number of rotatable bonds is 17. The highest BCUT2D eigenvalue weighted by molar-refractivity contribution is 5.81. The van der Waals surface area contributed by atoms with Gasteiger partial charge in [-0.1, -0.05) is 36.4 Å². The first-order valence-electron chi connectivity index (χ1n) is 13.1. The van der Waals surface area contributed by atoms with Crippen LogP contribution in [0.25, 0.3) is 0 Å². The normalized spacial score (nSPS) is 11.1. The van der Waals surface area contributed by atoms with Gasteiger partial charge in [0.2, 0.25) is 0 Å². The van der Waals surface area contributed by atoms with Crippen LogP contribution in [0.5, 0.6) is 11.5 Å². The monoisotopic (exact) mass is 538 g/mol. The Labute approximate surface area is 235 Å². The SMILES string of the molecule is C(=N/Nc1ccccc1)/c1ccc(OCCOCCOCCOc2ccc(/C=N\Nc3ccccc3)cc2)cc1. The van der Waals surface area contributed by atoms with Crippen molar-refractivity contribution in [1.82, 2.24) is 0 Å². The molecule has 0 saturated heterocycles. The molecule has 8 nitrogen and oxygen atoms in total. The van der Waals surface area contributed by atoms with Crippen molar-refractivity contribution in [2.45, 2.75) is 0 Å². The van der Waals surface area contributed by atoms with Crippen molar-refractivity contribution in [2.24, 2.45) is 10.2 Å². The molecule has 0 unspecified atom stereocenters. The fraction of sp³-hybridized carbons (Fsp3) is 0.188. The molecule has 0 radical (unpaired) electrons. The highest BCUT2D eigenvalue weighted by Gasteiger charge is 1.97. The van der Waals surface area contributed by atoms with Gasteiger partial charge >= 0.3 is 0 Å². The van der Waals surface area contributed by atoms with E-state index < -0.39 is 0 Å². The van der Waals surface area contributed by atoms with Gasteiger partial charge in [0, 0.05) is 0 Å². The molecule has 40 heavy (non-hydrogen) atoms. The zero-order chi connectivity index (χ0) is 27.5. The maximum Gasteiger partial charge on any atom is 0.119 e. The van der Waals surface area contributed by atoms with E-state index >= 15 is 0 Å². The molecule has 0 atom stereocenters. The second-order valence-corrected chi connectivity index (χ2v) is 8.53. The number of hydrogen-bond donors (Lipinski definition) is 2. The zero-order valence-electron chi connectivity index (χ0n) is 22.3. The van der Waals surface area contributed by atoms with Crippen LogP contribution < -0.4 is 20.3 Å². The molecule has 2 N–H and O–H groups in total. The molecule has 8 heteroatoms. The molecule has 0 aliphatic heterocycles. The first-order chi connectivity index (χ1) is 19.8. The van der Waals surface area contributed by atoms with E-state index in [4.69, 9.17) is 18.9 Å². The number of para-hydroxylation sites is 2. The summed E-state index contributed by atoms with van der Waals surface area (Å²) >= 11 is 0. The van der Waals surface area contributed by atoms with Crippen LogP contribution in [-0.4, -0.2) is 52.1 Å². The Morgan fingerprint density at radius 1 is 0.450 bits per heavy atom. The average molecular weight is 539 g/mol. The van der Waals surface area contributed by atoms with Crippen molar-refractivity contribution in [1.29, 1.82) is 0 Å². The second-order valence-electron chi connectivity index (χ2n) is 8.53. The lowest BCUT2D eigenvalue weighted by atomic mass is 10.2. The van der Waals surface area contributed by atoms with Crippen LogP contribution in [-0.2, 0) is 9.47 Å². The Bertz CT molecular complexity index is 1180. The van der Waals surface area contributed by atoms with Crippen molar-refractivity contribution < 1.29 is 18.9 Å². The predicted octanol–water partition coefficient (Wildman–Crippen LogP) is 6.07. The Morgan fingerprint density at radius 3 is 1.23 bits per heavy atom. The number of nitrogens with one attached hydrogen (secondary N) is 2. The first-order valence-corrected chi connectivity index (χ1v) is 13.1. The molecule has 0 aliphatic carbocycles. The molecule has 0 amide bonds. The summed E-state index contributed by atoms with van der Waals surface area (Å²) in [6, 6.07) is 35.1. The molecule has 4 aromatic rings. The largest absolute Gasteiger partial charge is 0.491 e. The summed E-state index contributed by atoms with van der Waals surface area (Å²) < 4.78 is 22.6. The minimum Gasteiger partial charge on any atom is -0.491 e. The smallest absolute Gasteiger partial charge is 0.119 e. The molecule has 0 heterocycles. The molecule has 4 rings (SSSR count). The van der Waals surface area contributed by atoms with E-state index in [1.807, 2.05) is 109 Å². The Hall–Kier alpha value is -4.66. The summed E-state index contributed by atoms with van der Waals surface area (Å²) in [5.41, 5.74) is 9.83. The van der Waals surface area contributed by atoms with Gasteiger partial charge < -0.3 is 18.9 Å². The highest BCUT2D eigenvalue weighted by atomic mass is 16.6. The fourth-order valence-corrected chi connectivity index (χ4v) is 3.45. The van der Waals surface area contributed by atoms with E-state index in [1.165, 1.54) is 0 Å². The van der Waals surface area contributed by atoms with E-state index in [0.717, 1.165) is 34.0 Å². The molecule has 206 valence electrons. The van der Waals surface area contributed by atoms with E-state index in [-0.39, 0.29) is 0 Å². The lowest BCUT2D eigenvalue weighted by Crippen LogP contribution is -2.13. The molecular weight excluding hydrogens is 504 g/mol. The number of hydrogen-bond acceptors (Lipinski definition) is 8. The molecule has 4 aromatic carbocycles. The van der Waals surface area contributed by atoms with Crippen LogP contribution in [0, 0.1) is 0 Å². The summed E-state index contributed by atoms with van der Waals surface area (Å²) in [4.78, 5) is 0. The van der Waals surface area contributed by atoms with Crippen molar-refractivity contribution in [2.75, 3.05) is 50.5 Å². The minimum absolute atomic E-state index is 0.467. The molecule has 0 aliphatic rings. The number of nitrogens with zero attached hydrogens (tertiary/aromatic N) is 2. The predicted molar refractivity (Wildman–Crippen MR) is 161 cm³/mol. The average Bonchev–Trinajstić information content (AvgIpc) is 3.01. The van der Waals surface area contributed by atoms with Crippen LogP contribution in [0.2, 0.25) is 0 Å². The fourth-order valence-electron chi connectivity index (χ4n) is 3.45. The van der Waals surface area contributed by atoms with E-state index in [1.54, 1.807) is 12.4 Å². The maximum absolute atomic E-state index is 5.72. The first kappa shape index (κ1) is 28.4. The molecule has 0 fully saturated rings. The van der Waals surface area contributed by atoms with Crippen molar-refractivity contribution in [3.8, 4) is 11.5 Å². The van der Waals surface area contributed by atoms with E-state index in [0.29, 0.717) is 39.6 Å². The van der Waals surface area contributed by atoms with Crippen molar-refractivity contribution >= 4 is 23.8 Å². The van der Waals surface area contributed by atoms with Gasteiger partial charge in [-0.05, 0) is 83.9 Å². The number of anilines is 2. The summed E-state index contributed by atoms with van der Waals surface area (Å²) in [5, 5.41) is 8.48. The van der Waals surface area contributed by atoms with Gasteiger partial charge in [-0.15, -0.1) is 0 Å². The Balaban J connectivity index is 0.984. The lowest BCUT2D eigenvalue weighted by Gasteiger charge is -2.09. The maximum atomic E-state index is 5.72. The number of hydrazone groups is 2. The minimum atomic E-state index is 0.467. The van der Waals surface area contributed by atoms with Crippen molar-refractivity contribution in [3.63, 3.8) is 0 Å². The van der Waals surface area contributed by atoms with Crippen LogP contribution in [0.3, 0.4) is 0 Å². The van der Waals surface area contributed by atoms with Gasteiger partial charge in [0.1, 0.15) is 24.7 Å². The van der Waals surface area contributed by atoms with Gasteiger partial charge in [0.15, 0.2) is 0 Å². The molecule has 0 bridgehead atoms. The van der Waals surface area contributed by atoms with Crippen LogP contribution in [0.1, 0.15) is 11.1 Å². The van der Waals surface area contributed by atoms with Crippen LogP contribution >= 0.6 is 0 Å². The third-order valence-corrected chi connectivity index (χ3v) is 5.49. The molecular formula is C32H34N4O4. The van der Waals surface area contributed by atoms with Crippen LogP contribution in [0.15, 0.2) is 119 Å². The second kappa shape index (κ2) is 17.0. The highest BCUT2D eigenvalue weighted by Crippen LogP contribution is 2.13. The summed E-state index contributed by atoms with van der Waals surface area (Å²) in [6.07, 6.45) is 3.53. The topological polar surface area (TPSA) is 85.7 Å². The Kier molecular flexibility index (Phi) is 12.1. The number of benzene rings is 4. The molecule has 0 aromatic heterocycles. The van der Waals surface area contributed by atoms with Gasteiger partial charge in [-0.25, -0.2) is 0 Å². The van der Waals surface area contributed by atoms with Crippen molar-refractivity contribution in [3.05, 3.63) is 120 Å². The number of ether oxygens (including phenoxy) is 4. The summed E-state index contributed by atoms with van der Waals surface area (Å²) in [5.74, 6) is 1.57. The van der Waals surface area contributed by atoms with Crippen LogP contribution in [0.4, 0.5) is 11.4 Å².